The van der Waals surface area contributed by atoms with Gasteiger partial charge in [-0.2, -0.15) is 0 Å². The van der Waals surface area contributed by atoms with Crippen LogP contribution in [0.15, 0.2) is 41.1 Å². The van der Waals surface area contributed by atoms with Crippen molar-refractivity contribution in [2.24, 2.45) is 0 Å². The molecule has 0 N–H and O–H groups in total. The van der Waals surface area contributed by atoms with Crippen LogP contribution in [0.4, 0.5) is 0 Å². The van der Waals surface area contributed by atoms with E-state index in [0.29, 0.717) is 29.3 Å². The van der Waals surface area contributed by atoms with Crippen molar-refractivity contribution in [2.75, 3.05) is 6.61 Å². The van der Waals surface area contributed by atoms with Crippen LogP contribution in [0.5, 0.6) is 0 Å². The molecular formula is C16H14N2O3. The smallest absolute Gasteiger partial charge is 0.344 e. The number of esters is 1. The van der Waals surface area contributed by atoms with E-state index >= 15 is 0 Å². The number of fused-ring (bicyclic) bond motifs is 1. The lowest BCUT2D eigenvalue weighted by atomic mass is 10.0. The summed E-state index contributed by atoms with van der Waals surface area (Å²) in [6.07, 6.45) is 1.69. The molecule has 2 aromatic heterocycles. The zero-order valence-corrected chi connectivity index (χ0v) is 11.8. The molecule has 3 rings (SSSR count). The molecule has 0 saturated carbocycles. The number of hydrogen-bond donors (Lipinski definition) is 0. The van der Waals surface area contributed by atoms with Crippen molar-refractivity contribution >= 4 is 16.7 Å². The van der Waals surface area contributed by atoms with Crippen molar-refractivity contribution in [1.82, 2.24) is 10.1 Å². The van der Waals surface area contributed by atoms with Crippen LogP contribution < -0.4 is 0 Å². The first-order chi connectivity index (χ1) is 10.2. The van der Waals surface area contributed by atoms with E-state index < -0.39 is 5.97 Å². The minimum Gasteiger partial charge on any atom is -0.462 e. The fourth-order valence-corrected chi connectivity index (χ4v) is 2.29. The first-order valence-electron chi connectivity index (χ1n) is 6.70. The van der Waals surface area contributed by atoms with Gasteiger partial charge in [0.2, 0.25) is 0 Å². The molecule has 0 aliphatic carbocycles. The van der Waals surface area contributed by atoms with Gasteiger partial charge >= 0.3 is 5.97 Å². The van der Waals surface area contributed by atoms with Crippen molar-refractivity contribution in [1.29, 1.82) is 0 Å². The van der Waals surface area contributed by atoms with Crippen molar-refractivity contribution in [2.45, 2.75) is 13.8 Å². The van der Waals surface area contributed by atoms with Gasteiger partial charge in [-0.15, -0.1) is 0 Å². The summed E-state index contributed by atoms with van der Waals surface area (Å²) in [7, 11) is 0. The minimum absolute atomic E-state index is 0.297. The molecule has 0 amide bonds. The van der Waals surface area contributed by atoms with Gasteiger partial charge in [-0.05, 0) is 25.3 Å². The second-order valence-electron chi connectivity index (χ2n) is 4.56. The molecule has 0 atom stereocenters. The third kappa shape index (κ3) is 2.27. The molecule has 0 saturated heterocycles. The maximum atomic E-state index is 12.1. The SMILES string of the molecule is CCOC(=O)c1c(-c2nccc3ccccc23)noc1C. The van der Waals surface area contributed by atoms with Crippen LogP contribution in [-0.2, 0) is 4.74 Å². The summed E-state index contributed by atoms with van der Waals surface area (Å²) in [5.41, 5.74) is 1.37. The Kier molecular flexibility index (Phi) is 3.39. The Morgan fingerprint density at radius 3 is 2.86 bits per heavy atom. The molecule has 0 bridgehead atoms. The predicted molar refractivity (Wildman–Crippen MR) is 77.9 cm³/mol. The number of carbonyl (C=O) groups is 1. The van der Waals surface area contributed by atoms with Crippen LogP contribution in [0.1, 0.15) is 23.0 Å². The number of nitrogens with zero attached hydrogens (tertiary/aromatic N) is 2. The maximum absolute atomic E-state index is 12.1. The average Bonchev–Trinajstić information content (AvgIpc) is 2.88. The molecular weight excluding hydrogens is 268 g/mol. The highest BCUT2D eigenvalue weighted by atomic mass is 16.5. The zero-order chi connectivity index (χ0) is 14.8. The number of rotatable bonds is 3. The van der Waals surface area contributed by atoms with Gasteiger partial charge in [-0.25, -0.2) is 4.79 Å². The van der Waals surface area contributed by atoms with Gasteiger partial charge in [0, 0.05) is 11.6 Å². The van der Waals surface area contributed by atoms with E-state index in [4.69, 9.17) is 9.26 Å². The molecule has 21 heavy (non-hydrogen) atoms. The molecule has 0 fully saturated rings. The first kappa shape index (κ1) is 13.3. The third-order valence-corrected chi connectivity index (χ3v) is 3.24. The highest BCUT2D eigenvalue weighted by Crippen LogP contribution is 2.30. The topological polar surface area (TPSA) is 65.2 Å². The Bertz CT molecular complexity index is 803. The number of aryl methyl sites for hydroxylation is 1. The summed E-state index contributed by atoms with van der Waals surface area (Å²) in [5.74, 6) is -0.0147. The van der Waals surface area contributed by atoms with Crippen molar-refractivity contribution < 1.29 is 14.1 Å². The lowest BCUT2D eigenvalue weighted by molar-refractivity contribution is 0.0525. The number of pyridine rings is 1. The quantitative estimate of drug-likeness (QED) is 0.689. The van der Waals surface area contributed by atoms with E-state index in [1.54, 1.807) is 20.0 Å². The van der Waals surface area contributed by atoms with Crippen molar-refractivity contribution in [3.05, 3.63) is 47.9 Å². The predicted octanol–water partition coefficient (Wildman–Crippen LogP) is 3.37. The lowest BCUT2D eigenvalue weighted by Gasteiger charge is -2.05. The summed E-state index contributed by atoms with van der Waals surface area (Å²) in [5, 5.41) is 5.94. The van der Waals surface area contributed by atoms with Crippen molar-refractivity contribution in [3.8, 4) is 11.4 Å². The normalized spacial score (nSPS) is 10.8. The standard InChI is InChI=1S/C16H14N2O3/c1-3-20-16(19)13-10(2)21-18-15(13)14-12-7-5-4-6-11(12)8-9-17-14/h4-9H,3H2,1-2H3. The van der Waals surface area contributed by atoms with Crippen molar-refractivity contribution in [3.63, 3.8) is 0 Å². The van der Waals surface area contributed by atoms with Crippen LogP contribution in [0, 0.1) is 6.92 Å². The van der Waals surface area contributed by atoms with E-state index in [1.165, 1.54) is 0 Å². The van der Waals surface area contributed by atoms with Gasteiger partial charge in [0.25, 0.3) is 0 Å². The monoisotopic (exact) mass is 282 g/mol. The van der Waals surface area contributed by atoms with Crippen LogP contribution >= 0.6 is 0 Å². The number of ether oxygens (including phenoxy) is 1. The molecule has 2 heterocycles. The fourth-order valence-electron chi connectivity index (χ4n) is 2.29. The number of benzene rings is 1. The molecule has 0 unspecified atom stereocenters. The highest BCUT2D eigenvalue weighted by molar-refractivity contribution is 6.02. The molecule has 0 spiro atoms. The van der Waals surface area contributed by atoms with Gasteiger partial charge in [-0.3, -0.25) is 4.98 Å². The third-order valence-electron chi connectivity index (χ3n) is 3.24. The molecule has 0 radical (unpaired) electrons. The van der Waals surface area contributed by atoms with Gasteiger partial charge in [-0.1, -0.05) is 29.4 Å². The molecule has 5 nitrogen and oxygen atoms in total. The highest BCUT2D eigenvalue weighted by Gasteiger charge is 2.24. The molecule has 0 aliphatic rings. The Morgan fingerprint density at radius 2 is 2.05 bits per heavy atom. The second-order valence-corrected chi connectivity index (χ2v) is 4.56. The fraction of sp³-hybridized carbons (Fsp3) is 0.188. The van der Waals surface area contributed by atoms with Crippen LogP contribution in [-0.4, -0.2) is 22.7 Å². The summed E-state index contributed by atoms with van der Waals surface area (Å²) >= 11 is 0. The zero-order valence-electron chi connectivity index (χ0n) is 11.8. The number of carbonyl (C=O) groups excluding carboxylic acids is 1. The van der Waals surface area contributed by atoms with Gasteiger partial charge < -0.3 is 9.26 Å². The molecule has 0 aliphatic heterocycles. The molecule has 106 valence electrons. The Hall–Kier alpha value is -2.69. The molecule has 3 aromatic rings. The van der Waals surface area contributed by atoms with E-state index in [0.717, 1.165) is 10.8 Å². The minimum atomic E-state index is -0.444. The van der Waals surface area contributed by atoms with Gasteiger partial charge in [0.05, 0.1) is 6.61 Å². The van der Waals surface area contributed by atoms with E-state index in [2.05, 4.69) is 10.1 Å². The lowest BCUT2D eigenvalue weighted by Crippen LogP contribution is -2.07. The summed E-state index contributed by atoms with van der Waals surface area (Å²) in [6, 6.07) is 9.71. The Balaban J connectivity index is 2.22. The van der Waals surface area contributed by atoms with E-state index in [1.807, 2.05) is 30.3 Å². The van der Waals surface area contributed by atoms with Crippen LogP contribution in [0.3, 0.4) is 0 Å². The number of hydrogen-bond acceptors (Lipinski definition) is 5. The van der Waals surface area contributed by atoms with E-state index in [-0.39, 0.29) is 0 Å². The molecule has 1 aromatic carbocycles. The van der Waals surface area contributed by atoms with Crippen LogP contribution in [0.2, 0.25) is 0 Å². The van der Waals surface area contributed by atoms with E-state index in [9.17, 15) is 4.79 Å². The maximum Gasteiger partial charge on any atom is 0.344 e. The average molecular weight is 282 g/mol. The van der Waals surface area contributed by atoms with Crippen LogP contribution in [0.25, 0.3) is 22.2 Å². The molecule has 5 heteroatoms. The van der Waals surface area contributed by atoms with Gasteiger partial charge in [0.1, 0.15) is 22.7 Å². The second kappa shape index (κ2) is 5.36. The van der Waals surface area contributed by atoms with Gasteiger partial charge in [0.15, 0.2) is 0 Å². The Labute approximate surface area is 121 Å². The number of aromatic nitrogens is 2. The largest absolute Gasteiger partial charge is 0.462 e. The summed E-state index contributed by atoms with van der Waals surface area (Å²) in [4.78, 5) is 16.5. The Morgan fingerprint density at radius 1 is 1.24 bits per heavy atom. The summed E-state index contributed by atoms with van der Waals surface area (Å²) in [6.45, 7) is 3.75. The summed E-state index contributed by atoms with van der Waals surface area (Å²) < 4.78 is 10.3. The first-order valence-corrected chi connectivity index (χ1v) is 6.70.